The average Bonchev–Trinajstić information content (AvgIpc) is 2.58. The highest BCUT2D eigenvalue weighted by molar-refractivity contribution is 5.96. The molecule has 0 bridgehead atoms. The van der Waals surface area contributed by atoms with E-state index in [9.17, 15) is 19.3 Å². The van der Waals surface area contributed by atoms with Gasteiger partial charge in [0.25, 0.3) is 5.52 Å². The first-order valence-corrected chi connectivity index (χ1v) is 7.25. The van der Waals surface area contributed by atoms with Crippen LogP contribution in [0.15, 0.2) is 48.5 Å². The van der Waals surface area contributed by atoms with E-state index in [2.05, 4.69) is 0 Å². The van der Waals surface area contributed by atoms with Gasteiger partial charge in [-0.2, -0.15) is 0 Å². The van der Waals surface area contributed by atoms with Gasteiger partial charge in [-0.25, -0.2) is 9.18 Å². The number of para-hydroxylation sites is 2. The summed E-state index contributed by atoms with van der Waals surface area (Å²) in [6, 6.07) is 11.2. The molecule has 0 amide bonds. The number of fused-ring (bicyclic) bond motifs is 1. The van der Waals surface area contributed by atoms with Crippen molar-refractivity contribution in [2.24, 2.45) is 0 Å². The van der Waals surface area contributed by atoms with Crippen LogP contribution in [0.2, 0.25) is 0 Å². The fourth-order valence-corrected chi connectivity index (χ4v) is 2.51. The number of halogens is 1. The van der Waals surface area contributed by atoms with Gasteiger partial charge < -0.3 is 14.7 Å². The lowest BCUT2D eigenvalue weighted by Crippen LogP contribution is -2.28. The fraction of sp³-hybridized carbons (Fsp3) is 0.118. The summed E-state index contributed by atoms with van der Waals surface area (Å²) in [5.41, 5.74) is -0.517. The third kappa shape index (κ3) is 2.50. The normalized spacial score (nSPS) is 10.8. The number of ether oxygens (including phenoxy) is 1. The molecular formula is C17H13FN2O4. The topological polar surface area (TPSA) is 77.3 Å². The van der Waals surface area contributed by atoms with E-state index >= 15 is 0 Å². The largest absolute Gasteiger partial charge is 0.805 e. The number of benzene rings is 2. The smallest absolute Gasteiger partial charge is 0.361 e. The predicted octanol–water partition coefficient (Wildman–Crippen LogP) is 2.88. The highest BCUT2D eigenvalue weighted by Gasteiger charge is 2.29. The van der Waals surface area contributed by atoms with Gasteiger partial charge in [0.15, 0.2) is 0 Å². The molecule has 0 N–H and O–H groups in total. The van der Waals surface area contributed by atoms with E-state index in [0.717, 1.165) is 6.07 Å². The SMILES string of the molecule is CCOC(=O)c1c(-c2cccc(F)c2)[n+](=O)c2ccccc2n1[O-]. The molecule has 1 heterocycles. The van der Waals surface area contributed by atoms with Crippen molar-refractivity contribution in [2.75, 3.05) is 6.61 Å². The minimum Gasteiger partial charge on any atom is -0.805 e. The van der Waals surface area contributed by atoms with E-state index in [1.165, 1.54) is 30.3 Å². The van der Waals surface area contributed by atoms with Crippen molar-refractivity contribution in [3.8, 4) is 11.3 Å². The second kappa shape index (κ2) is 6.11. The fourth-order valence-electron chi connectivity index (χ4n) is 2.51. The highest BCUT2D eigenvalue weighted by atomic mass is 19.1. The van der Waals surface area contributed by atoms with Gasteiger partial charge in [0.05, 0.1) is 16.6 Å². The molecule has 0 atom stereocenters. The first-order chi connectivity index (χ1) is 11.5. The van der Waals surface area contributed by atoms with Crippen LogP contribution in [0.3, 0.4) is 0 Å². The van der Waals surface area contributed by atoms with Gasteiger partial charge in [0.1, 0.15) is 11.3 Å². The molecule has 7 heteroatoms. The Bertz CT molecular complexity index is 998. The molecule has 0 aliphatic rings. The summed E-state index contributed by atoms with van der Waals surface area (Å²) in [4.78, 5) is 25.0. The summed E-state index contributed by atoms with van der Waals surface area (Å²) in [5, 5.41) is 12.6. The van der Waals surface area contributed by atoms with Crippen molar-refractivity contribution < 1.29 is 18.3 Å². The number of carbonyl (C=O) groups is 1. The standard InChI is InChI=1S/C17H13FN2O4/c1-2-24-17(21)16-15(11-6-5-7-12(18)10-11)19(22)13-8-3-4-9-14(13)20(16)23/h3-10H,2H2,1H3. The lowest BCUT2D eigenvalue weighted by Gasteiger charge is -2.17. The van der Waals surface area contributed by atoms with Crippen LogP contribution in [0, 0.1) is 15.9 Å². The van der Waals surface area contributed by atoms with Crippen molar-refractivity contribution in [3.05, 3.63) is 70.2 Å². The van der Waals surface area contributed by atoms with Gasteiger partial charge in [-0.1, -0.05) is 18.2 Å². The summed E-state index contributed by atoms with van der Waals surface area (Å²) in [6.07, 6.45) is 0. The number of esters is 1. The summed E-state index contributed by atoms with van der Waals surface area (Å²) in [6.45, 7) is 1.62. The Balaban J connectivity index is 2.45. The van der Waals surface area contributed by atoms with Gasteiger partial charge >= 0.3 is 11.7 Å². The first kappa shape index (κ1) is 15.7. The van der Waals surface area contributed by atoms with Crippen molar-refractivity contribution in [1.29, 1.82) is 0 Å². The predicted molar refractivity (Wildman–Crippen MR) is 85.4 cm³/mol. The monoisotopic (exact) mass is 328 g/mol. The number of hydrogen-bond acceptors (Lipinski definition) is 4. The Morgan fingerprint density at radius 3 is 2.71 bits per heavy atom. The maximum Gasteiger partial charge on any atom is 0.361 e. The number of nitrogens with zero attached hydrogens (tertiary/aromatic N) is 2. The molecule has 0 fully saturated rings. The number of aromatic nitrogens is 2. The van der Waals surface area contributed by atoms with Gasteiger partial charge in [-0.15, -0.1) is 0 Å². The molecule has 6 nitrogen and oxygen atoms in total. The van der Waals surface area contributed by atoms with Crippen LogP contribution < -0.4 is 4.43 Å². The van der Waals surface area contributed by atoms with Crippen LogP contribution in [0.4, 0.5) is 4.39 Å². The van der Waals surface area contributed by atoms with Crippen molar-refractivity contribution in [3.63, 3.8) is 0 Å². The van der Waals surface area contributed by atoms with E-state index < -0.39 is 17.5 Å². The van der Waals surface area contributed by atoms with Gasteiger partial charge in [-0.05, 0) is 31.2 Å². The minimum atomic E-state index is -0.942. The van der Waals surface area contributed by atoms with E-state index in [-0.39, 0.29) is 28.9 Å². The molecule has 0 aliphatic carbocycles. The van der Waals surface area contributed by atoms with Gasteiger partial charge in [0, 0.05) is 11.0 Å². The number of rotatable bonds is 3. The molecule has 0 radical (unpaired) electrons. The van der Waals surface area contributed by atoms with Gasteiger partial charge in [-0.3, -0.25) is 0 Å². The molecule has 0 saturated carbocycles. The number of hydrogen-bond donors (Lipinski definition) is 0. The zero-order valence-electron chi connectivity index (χ0n) is 12.7. The van der Waals surface area contributed by atoms with Crippen molar-refractivity contribution >= 4 is 17.0 Å². The summed E-state index contributed by atoms with van der Waals surface area (Å²) >= 11 is 0. The van der Waals surface area contributed by atoms with E-state index in [0.29, 0.717) is 9.16 Å². The molecule has 24 heavy (non-hydrogen) atoms. The number of carbonyl (C=O) groups excluding carboxylic acids is 1. The molecule has 0 unspecified atom stereocenters. The Morgan fingerprint density at radius 1 is 1.25 bits per heavy atom. The zero-order valence-corrected chi connectivity index (χ0v) is 12.7. The van der Waals surface area contributed by atoms with Crippen LogP contribution in [-0.4, -0.2) is 17.3 Å². The molecule has 0 aliphatic heterocycles. The third-order valence-electron chi connectivity index (χ3n) is 3.52. The Morgan fingerprint density at radius 2 is 2.00 bits per heavy atom. The van der Waals surface area contributed by atoms with Crippen molar-refractivity contribution in [2.45, 2.75) is 6.92 Å². The zero-order chi connectivity index (χ0) is 17.3. The lowest BCUT2D eigenvalue weighted by atomic mass is 10.1. The highest BCUT2D eigenvalue weighted by Crippen LogP contribution is 2.24. The van der Waals surface area contributed by atoms with Crippen molar-refractivity contribution in [1.82, 2.24) is 4.73 Å². The van der Waals surface area contributed by atoms with E-state index in [1.54, 1.807) is 19.1 Å². The van der Waals surface area contributed by atoms with E-state index in [1.807, 2.05) is 0 Å². The molecule has 2 aromatic carbocycles. The van der Waals surface area contributed by atoms with Crippen LogP contribution in [0.25, 0.3) is 22.3 Å². The molecule has 3 aromatic rings. The minimum absolute atomic E-state index is 0.0238. The van der Waals surface area contributed by atoms with Crippen LogP contribution >= 0.6 is 0 Å². The third-order valence-corrected chi connectivity index (χ3v) is 3.52. The molecule has 3 rings (SSSR count). The molecule has 122 valence electrons. The molecular weight excluding hydrogens is 315 g/mol. The second-order valence-corrected chi connectivity index (χ2v) is 5.01. The second-order valence-electron chi connectivity index (χ2n) is 5.01. The molecule has 0 saturated heterocycles. The van der Waals surface area contributed by atoms with Crippen LogP contribution in [0.1, 0.15) is 17.4 Å². The van der Waals surface area contributed by atoms with Crippen LogP contribution in [0.5, 0.6) is 0 Å². The first-order valence-electron chi connectivity index (χ1n) is 7.25. The molecule has 0 spiro atoms. The Labute approximate surface area is 135 Å². The lowest BCUT2D eigenvalue weighted by molar-refractivity contribution is -0.452. The maximum atomic E-state index is 13.6. The van der Waals surface area contributed by atoms with E-state index in [4.69, 9.17) is 4.74 Å². The van der Waals surface area contributed by atoms with Gasteiger partial charge in [0.2, 0.25) is 5.69 Å². The summed E-state index contributed by atoms with van der Waals surface area (Å²) in [5.74, 6) is -1.53. The Kier molecular flexibility index (Phi) is 3.99. The summed E-state index contributed by atoms with van der Waals surface area (Å²) in [7, 11) is 0. The quantitative estimate of drug-likeness (QED) is 0.547. The van der Waals surface area contributed by atoms with Crippen LogP contribution in [-0.2, 0) is 4.74 Å². The Hall–Kier alpha value is -3.22. The summed E-state index contributed by atoms with van der Waals surface area (Å²) < 4.78 is 19.3. The molecule has 1 aromatic heterocycles. The maximum absolute atomic E-state index is 13.6. The average molecular weight is 328 g/mol.